The molecule has 1 N–H and O–H groups in total. The molecule has 9 heteroatoms. The van der Waals surface area contributed by atoms with Crippen molar-refractivity contribution in [1.82, 2.24) is 4.90 Å². The summed E-state index contributed by atoms with van der Waals surface area (Å²) in [6.07, 6.45) is 1.48. The summed E-state index contributed by atoms with van der Waals surface area (Å²) in [5, 5.41) is 2.29. The zero-order valence-electron chi connectivity index (χ0n) is 20.9. The van der Waals surface area contributed by atoms with Gasteiger partial charge in [-0.15, -0.1) is 0 Å². The Bertz CT molecular complexity index is 1400. The van der Waals surface area contributed by atoms with Gasteiger partial charge < -0.3 is 14.5 Å². The summed E-state index contributed by atoms with van der Waals surface area (Å²) in [7, 11) is 0. The van der Waals surface area contributed by atoms with Crippen LogP contribution in [0, 0.1) is 20.8 Å². The van der Waals surface area contributed by atoms with Crippen molar-refractivity contribution in [1.29, 1.82) is 0 Å². The van der Waals surface area contributed by atoms with E-state index in [2.05, 4.69) is 5.32 Å². The van der Waals surface area contributed by atoms with E-state index in [1.165, 1.54) is 6.08 Å². The zero-order valence-corrected chi connectivity index (χ0v) is 21.7. The molecule has 190 valence electrons. The van der Waals surface area contributed by atoms with Crippen LogP contribution in [0.4, 0.5) is 10.5 Å². The molecule has 2 aromatic carbocycles. The fourth-order valence-corrected chi connectivity index (χ4v) is 4.85. The lowest BCUT2D eigenvalue weighted by atomic mass is 10.1. The maximum absolute atomic E-state index is 12.9. The van der Waals surface area contributed by atoms with Gasteiger partial charge in [-0.3, -0.25) is 19.3 Å². The maximum atomic E-state index is 12.9. The molecule has 1 fully saturated rings. The van der Waals surface area contributed by atoms with Crippen molar-refractivity contribution >= 4 is 46.5 Å². The number of furan rings is 1. The van der Waals surface area contributed by atoms with Crippen LogP contribution in [0.15, 0.2) is 57.9 Å². The Labute approximate surface area is 218 Å². The van der Waals surface area contributed by atoms with Crippen LogP contribution in [0.2, 0.25) is 0 Å². The number of rotatable bonds is 7. The van der Waals surface area contributed by atoms with E-state index in [0.29, 0.717) is 29.4 Å². The van der Waals surface area contributed by atoms with Crippen molar-refractivity contribution < 1.29 is 28.3 Å². The van der Waals surface area contributed by atoms with E-state index in [4.69, 9.17) is 9.15 Å². The van der Waals surface area contributed by atoms with Crippen LogP contribution in [0.3, 0.4) is 0 Å². The number of carbonyl (C=O) groups is 4. The van der Waals surface area contributed by atoms with Crippen molar-refractivity contribution in [2.45, 2.75) is 27.7 Å². The number of benzene rings is 2. The van der Waals surface area contributed by atoms with E-state index in [0.717, 1.165) is 38.9 Å². The zero-order chi connectivity index (χ0) is 26.7. The lowest BCUT2D eigenvalue weighted by Gasteiger charge is -2.15. The summed E-state index contributed by atoms with van der Waals surface area (Å²) in [5.74, 6) is -0.499. The second-order valence-corrected chi connectivity index (χ2v) is 9.58. The number of nitrogens with one attached hydrogen (secondary N) is 1. The maximum Gasteiger partial charge on any atom is 0.338 e. The van der Waals surface area contributed by atoms with Gasteiger partial charge in [0, 0.05) is 17.3 Å². The number of esters is 1. The van der Waals surface area contributed by atoms with Crippen LogP contribution in [0.1, 0.15) is 39.7 Å². The highest BCUT2D eigenvalue weighted by molar-refractivity contribution is 8.18. The van der Waals surface area contributed by atoms with E-state index in [1.54, 1.807) is 43.3 Å². The Morgan fingerprint density at radius 3 is 2.35 bits per heavy atom. The third kappa shape index (κ3) is 5.83. The third-order valence-electron chi connectivity index (χ3n) is 5.70. The fraction of sp³-hybridized carbons (Fsp3) is 0.214. The second-order valence-electron chi connectivity index (χ2n) is 8.59. The van der Waals surface area contributed by atoms with Crippen LogP contribution in [0.5, 0.6) is 0 Å². The molecule has 4 rings (SSSR count). The van der Waals surface area contributed by atoms with Gasteiger partial charge in [0.25, 0.3) is 11.1 Å². The van der Waals surface area contributed by atoms with Crippen molar-refractivity contribution in [3.63, 3.8) is 0 Å². The quantitative estimate of drug-likeness (QED) is 0.315. The van der Waals surface area contributed by atoms with Gasteiger partial charge in [0.15, 0.2) is 0 Å². The molecule has 0 spiro atoms. The van der Waals surface area contributed by atoms with Crippen molar-refractivity contribution in [2.24, 2.45) is 0 Å². The molecular formula is C28H26N2O6S. The Kier molecular flexibility index (Phi) is 7.63. The molecule has 1 aliphatic rings. The largest absolute Gasteiger partial charge is 0.462 e. The summed E-state index contributed by atoms with van der Waals surface area (Å²) in [6, 6.07) is 14.1. The third-order valence-corrected chi connectivity index (χ3v) is 6.60. The molecule has 3 aromatic rings. The minimum Gasteiger partial charge on any atom is -0.462 e. The number of carbonyl (C=O) groups excluding carboxylic acids is 4. The van der Waals surface area contributed by atoms with Crippen molar-refractivity contribution in [2.75, 3.05) is 18.5 Å². The van der Waals surface area contributed by atoms with E-state index < -0.39 is 23.0 Å². The summed E-state index contributed by atoms with van der Waals surface area (Å²) in [6.45, 7) is 7.42. The second kappa shape index (κ2) is 10.9. The smallest absolute Gasteiger partial charge is 0.338 e. The van der Waals surface area contributed by atoms with Gasteiger partial charge in [0.2, 0.25) is 5.91 Å². The van der Waals surface area contributed by atoms with Gasteiger partial charge in [0.1, 0.15) is 18.1 Å². The fourth-order valence-electron chi connectivity index (χ4n) is 4.04. The summed E-state index contributed by atoms with van der Waals surface area (Å²) >= 11 is 0.755. The van der Waals surface area contributed by atoms with Crippen LogP contribution in [-0.2, 0) is 14.3 Å². The Balaban J connectivity index is 1.43. The number of ether oxygens (including phenoxy) is 1. The molecular weight excluding hydrogens is 492 g/mol. The first kappa shape index (κ1) is 26.0. The topological polar surface area (TPSA) is 106 Å². The number of hydrogen-bond acceptors (Lipinski definition) is 7. The number of amides is 3. The van der Waals surface area contributed by atoms with E-state index in [9.17, 15) is 19.2 Å². The predicted molar refractivity (Wildman–Crippen MR) is 142 cm³/mol. The predicted octanol–water partition coefficient (Wildman–Crippen LogP) is 5.72. The first-order valence-electron chi connectivity index (χ1n) is 11.7. The Hall–Kier alpha value is -4.11. The molecule has 37 heavy (non-hydrogen) atoms. The van der Waals surface area contributed by atoms with Gasteiger partial charge in [-0.05, 0) is 74.8 Å². The number of anilines is 1. The lowest BCUT2D eigenvalue weighted by molar-refractivity contribution is -0.127. The molecule has 8 nitrogen and oxygen atoms in total. The highest BCUT2D eigenvalue weighted by Crippen LogP contribution is 2.33. The first-order valence-corrected chi connectivity index (χ1v) is 12.5. The molecule has 0 radical (unpaired) electrons. The lowest BCUT2D eigenvalue weighted by Crippen LogP contribution is -2.36. The summed E-state index contributed by atoms with van der Waals surface area (Å²) in [4.78, 5) is 50.9. The van der Waals surface area contributed by atoms with Gasteiger partial charge in [-0.25, -0.2) is 4.79 Å². The molecule has 1 aliphatic heterocycles. The van der Waals surface area contributed by atoms with Gasteiger partial charge in [-0.2, -0.15) is 0 Å². The van der Waals surface area contributed by atoms with Gasteiger partial charge >= 0.3 is 5.97 Å². The number of imide groups is 1. The SMILES string of the molecule is CCOC(=O)c1ccc(-c2ccc(/C=C3/SC(=O)N(CC(=O)Nc4c(C)cc(C)cc4C)C3=O)o2)cc1. The first-order chi connectivity index (χ1) is 17.7. The van der Waals surface area contributed by atoms with Gasteiger partial charge in [-0.1, -0.05) is 29.8 Å². The summed E-state index contributed by atoms with van der Waals surface area (Å²) < 4.78 is 10.8. The number of nitrogens with zero attached hydrogens (tertiary/aromatic N) is 1. The monoisotopic (exact) mass is 518 g/mol. The Morgan fingerprint density at radius 1 is 1.03 bits per heavy atom. The minimum absolute atomic E-state index is 0.166. The van der Waals surface area contributed by atoms with Crippen molar-refractivity contribution in [3.05, 3.63) is 81.5 Å². The molecule has 3 amide bonds. The molecule has 0 saturated carbocycles. The number of hydrogen-bond donors (Lipinski definition) is 1. The normalized spacial score (nSPS) is 14.4. The number of thioether (sulfide) groups is 1. The van der Waals surface area contributed by atoms with E-state index in [-0.39, 0.29) is 11.4 Å². The molecule has 2 heterocycles. The van der Waals surface area contributed by atoms with Crippen LogP contribution >= 0.6 is 11.8 Å². The minimum atomic E-state index is -0.556. The summed E-state index contributed by atoms with van der Waals surface area (Å²) in [5.41, 5.74) is 4.74. The average Bonchev–Trinajstić information content (AvgIpc) is 3.42. The molecule has 0 atom stereocenters. The van der Waals surface area contributed by atoms with Gasteiger partial charge in [0.05, 0.1) is 17.1 Å². The molecule has 1 saturated heterocycles. The highest BCUT2D eigenvalue weighted by Gasteiger charge is 2.36. The van der Waals surface area contributed by atoms with Crippen LogP contribution in [-0.4, -0.2) is 41.1 Å². The molecule has 0 bridgehead atoms. The van der Waals surface area contributed by atoms with Crippen molar-refractivity contribution in [3.8, 4) is 11.3 Å². The molecule has 1 aromatic heterocycles. The average molecular weight is 519 g/mol. The van der Waals surface area contributed by atoms with E-state index >= 15 is 0 Å². The number of aryl methyl sites for hydroxylation is 3. The van der Waals surface area contributed by atoms with Crippen LogP contribution < -0.4 is 5.32 Å². The molecule has 0 unspecified atom stereocenters. The molecule has 0 aliphatic carbocycles. The van der Waals surface area contributed by atoms with E-state index in [1.807, 2.05) is 32.9 Å². The van der Waals surface area contributed by atoms with Crippen LogP contribution in [0.25, 0.3) is 17.4 Å². The highest BCUT2D eigenvalue weighted by atomic mass is 32.2. The standard InChI is InChI=1S/C28H26N2O6S/c1-5-35-27(33)20-8-6-19(7-9-20)22-11-10-21(36-22)14-23-26(32)30(28(34)37-23)15-24(31)29-25-17(3)12-16(2)13-18(25)4/h6-14H,5,15H2,1-4H3,(H,29,31)/b23-14+. The Morgan fingerprint density at radius 2 is 1.70 bits per heavy atom.